The highest BCUT2D eigenvalue weighted by molar-refractivity contribution is 7.89. The van der Waals surface area contributed by atoms with Gasteiger partial charge in [0.1, 0.15) is 0 Å². The lowest BCUT2D eigenvalue weighted by Crippen LogP contribution is -2.28. The van der Waals surface area contributed by atoms with Gasteiger partial charge in [-0.05, 0) is 31.2 Å². The average Bonchev–Trinajstić information content (AvgIpc) is 2.53. The molecule has 128 valence electrons. The second-order valence-electron chi connectivity index (χ2n) is 3.22. The van der Waals surface area contributed by atoms with Crippen LogP contribution in [-0.2, 0) is 10.0 Å². The van der Waals surface area contributed by atoms with Gasteiger partial charge in [0.2, 0.25) is 10.0 Å². The zero-order chi connectivity index (χ0) is 18.2. The molecule has 0 aliphatic rings. The molecule has 0 unspecified atom stereocenters. The number of primary sulfonamides is 1. The van der Waals surface area contributed by atoms with E-state index in [1.54, 1.807) is 36.5 Å². The lowest BCUT2D eigenvalue weighted by molar-refractivity contribution is 0.598. The second-order valence-corrected chi connectivity index (χ2v) is 4.78. The van der Waals surface area contributed by atoms with Crippen molar-refractivity contribution in [1.82, 2.24) is 5.43 Å². The number of hydrogen-bond acceptors (Lipinski definition) is 4. The van der Waals surface area contributed by atoms with E-state index in [4.69, 9.17) is 5.14 Å². The van der Waals surface area contributed by atoms with Crippen molar-refractivity contribution in [2.75, 3.05) is 12.1 Å². The van der Waals surface area contributed by atoms with E-state index in [-0.39, 0.29) is 4.90 Å². The Morgan fingerprint density at radius 1 is 1.09 bits per heavy atom. The van der Waals surface area contributed by atoms with Crippen molar-refractivity contribution >= 4 is 15.7 Å². The standard InChI is InChI=1S/C9H13N3O2S.C3H6.2C2H6/c1-3-12(11-2)8-4-6-9(7-5-8)15(10,13)14;1-3-2;2*1-2/h3-7,11H,1H2,2H3,(H2,10,13,14);3H,1H2,2H3;2*1-2H3. The minimum Gasteiger partial charge on any atom is -0.285 e. The number of benzene rings is 1. The quantitative estimate of drug-likeness (QED) is 0.653. The van der Waals surface area contributed by atoms with Gasteiger partial charge in [-0.2, -0.15) is 0 Å². The van der Waals surface area contributed by atoms with Crippen molar-refractivity contribution in [2.45, 2.75) is 39.5 Å². The fraction of sp³-hybridized carbons (Fsp3) is 0.375. The highest BCUT2D eigenvalue weighted by Gasteiger charge is 2.07. The molecular formula is C16H31N3O2S. The van der Waals surface area contributed by atoms with Gasteiger partial charge in [-0.15, -0.1) is 6.58 Å². The van der Waals surface area contributed by atoms with E-state index in [0.717, 1.165) is 5.69 Å². The number of nitrogens with one attached hydrogen (secondary N) is 1. The van der Waals surface area contributed by atoms with Crippen LogP contribution in [0.2, 0.25) is 0 Å². The molecule has 3 N–H and O–H groups in total. The van der Waals surface area contributed by atoms with Gasteiger partial charge in [0, 0.05) is 13.2 Å². The van der Waals surface area contributed by atoms with Crippen molar-refractivity contribution in [1.29, 1.82) is 0 Å². The van der Waals surface area contributed by atoms with Crippen LogP contribution in [0.3, 0.4) is 0 Å². The third kappa shape index (κ3) is 11.1. The summed E-state index contributed by atoms with van der Waals surface area (Å²) in [5, 5.41) is 6.62. The number of hydrogen-bond donors (Lipinski definition) is 2. The number of hydrazine groups is 1. The van der Waals surface area contributed by atoms with Gasteiger partial charge >= 0.3 is 0 Å². The van der Waals surface area contributed by atoms with Crippen molar-refractivity contribution in [2.24, 2.45) is 5.14 Å². The second kappa shape index (κ2) is 15.8. The Labute approximate surface area is 136 Å². The van der Waals surface area contributed by atoms with Gasteiger partial charge in [-0.25, -0.2) is 19.0 Å². The van der Waals surface area contributed by atoms with Crippen LogP contribution in [0.25, 0.3) is 0 Å². The predicted molar refractivity (Wildman–Crippen MR) is 98.1 cm³/mol. The van der Waals surface area contributed by atoms with Gasteiger partial charge in [0.15, 0.2) is 0 Å². The van der Waals surface area contributed by atoms with Crippen LogP contribution in [-0.4, -0.2) is 15.5 Å². The summed E-state index contributed by atoms with van der Waals surface area (Å²) in [6.45, 7) is 16.8. The molecule has 0 aliphatic carbocycles. The maximum Gasteiger partial charge on any atom is 0.238 e. The van der Waals surface area contributed by atoms with E-state index in [1.165, 1.54) is 12.1 Å². The van der Waals surface area contributed by atoms with Gasteiger partial charge in [0.25, 0.3) is 0 Å². The Morgan fingerprint density at radius 2 is 1.45 bits per heavy atom. The van der Waals surface area contributed by atoms with Crippen LogP contribution in [0.5, 0.6) is 0 Å². The molecule has 0 bridgehead atoms. The monoisotopic (exact) mass is 329 g/mol. The molecule has 0 saturated carbocycles. The van der Waals surface area contributed by atoms with Crippen molar-refractivity contribution in [3.8, 4) is 0 Å². The number of nitrogens with two attached hydrogens (primary N) is 1. The first kappa shape index (κ1) is 25.3. The zero-order valence-corrected chi connectivity index (χ0v) is 15.4. The lowest BCUT2D eigenvalue weighted by atomic mass is 10.3. The van der Waals surface area contributed by atoms with Gasteiger partial charge in [-0.3, -0.25) is 5.01 Å². The Balaban J connectivity index is -0.000000446. The molecule has 0 amide bonds. The fourth-order valence-electron chi connectivity index (χ4n) is 1.12. The van der Waals surface area contributed by atoms with Crippen LogP contribution in [0.15, 0.2) is 54.6 Å². The fourth-order valence-corrected chi connectivity index (χ4v) is 1.64. The van der Waals surface area contributed by atoms with Gasteiger partial charge in [-0.1, -0.05) is 40.3 Å². The van der Waals surface area contributed by atoms with Crippen LogP contribution in [0.1, 0.15) is 34.6 Å². The summed E-state index contributed by atoms with van der Waals surface area (Å²) >= 11 is 0. The topological polar surface area (TPSA) is 75.4 Å². The maximum absolute atomic E-state index is 11.0. The molecule has 0 saturated heterocycles. The first-order chi connectivity index (χ1) is 10.4. The summed E-state index contributed by atoms with van der Waals surface area (Å²) in [7, 11) is -1.89. The molecule has 0 fully saturated rings. The molecule has 1 aromatic carbocycles. The number of rotatable bonds is 4. The molecule has 22 heavy (non-hydrogen) atoms. The first-order valence-corrected chi connectivity index (χ1v) is 8.74. The average molecular weight is 330 g/mol. The third-order valence-electron chi connectivity index (χ3n) is 1.87. The number of anilines is 1. The highest BCUT2D eigenvalue weighted by Crippen LogP contribution is 2.15. The summed E-state index contributed by atoms with van der Waals surface area (Å²) in [6, 6.07) is 6.16. The number of nitrogens with zero attached hydrogens (tertiary/aromatic N) is 1. The first-order valence-electron chi connectivity index (χ1n) is 7.19. The molecular weight excluding hydrogens is 298 g/mol. The highest BCUT2D eigenvalue weighted by atomic mass is 32.2. The van der Waals surface area contributed by atoms with E-state index in [2.05, 4.69) is 18.6 Å². The normalized spacial score (nSPS) is 8.68. The molecule has 0 spiro atoms. The van der Waals surface area contributed by atoms with E-state index in [1.807, 2.05) is 34.6 Å². The van der Waals surface area contributed by atoms with E-state index in [9.17, 15) is 8.42 Å². The van der Waals surface area contributed by atoms with Crippen LogP contribution < -0.4 is 15.6 Å². The van der Waals surface area contributed by atoms with Gasteiger partial charge < -0.3 is 0 Å². The molecule has 1 aromatic rings. The van der Waals surface area contributed by atoms with Crippen LogP contribution >= 0.6 is 0 Å². The van der Waals surface area contributed by atoms with E-state index in [0.29, 0.717) is 0 Å². The summed E-state index contributed by atoms with van der Waals surface area (Å²) in [5.74, 6) is 0. The van der Waals surface area contributed by atoms with Crippen LogP contribution in [0, 0.1) is 0 Å². The molecule has 0 atom stereocenters. The molecule has 1 rings (SSSR count). The van der Waals surface area contributed by atoms with Crippen LogP contribution in [0.4, 0.5) is 5.69 Å². The molecule has 0 radical (unpaired) electrons. The lowest BCUT2D eigenvalue weighted by Gasteiger charge is -2.18. The minimum absolute atomic E-state index is 0.0892. The smallest absolute Gasteiger partial charge is 0.238 e. The summed E-state index contributed by atoms with van der Waals surface area (Å²) in [4.78, 5) is 0.0892. The summed E-state index contributed by atoms with van der Waals surface area (Å²) < 4.78 is 22.0. The largest absolute Gasteiger partial charge is 0.285 e. The molecule has 0 aliphatic heterocycles. The number of sulfonamides is 1. The summed E-state index contributed by atoms with van der Waals surface area (Å²) in [6.07, 6.45) is 3.33. The number of allylic oxidation sites excluding steroid dienone is 1. The SMILES string of the molecule is C=CC.C=CN(NC)c1ccc(S(N)(=O)=O)cc1.CC.CC. The third-order valence-corrected chi connectivity index (χ3v) is 2.80. The molecule has 0 heterocycles. The van der Waals surface area contributed by atoms with Crippen molar-refractivity contribution in [3.63, 3.8) is 0 Å². The predicted octanol–water partition coefficient (Wildman–Crippen LogP) is 3.66. The molecule has 5 nitrogen and oxygen atoms in total. The Morgan fingerprint density at radius 3 is 1.68 bits per heavy atom. The van der Waals surface area contributed by atoms with E-state index < -0.39 is 10.0 Å². The molecule has 6 heteroatoms. The summed E-state index contributed by atoms with van der Waals surface area (Å²) in [5.41, 5.74) is 3.64. The Bertz CT molecular complexity index is 483. The Hall–Kier alpha value is -1.63. The minimum atomic E-state index is -3.62. The Kier molecular flexibility index (Phi) is 18.1. The van der Waals surface area contributed by atoms with Crippen molar-refractivity contribution in [3.05, 3.63) is 49.7 Å². The molecule has 0 aromatic heterocycles. The van der Waals surface area contributed by atoms with E-state index >= 15 is 0 Å². The zero-order valence-electron chi connectivity index (χ0n) is 14.6. The van der Waals surface area contributed by atoms with Crippen molar-refractivity contribution < 1.29 is 8.42 Å². The van der Waals surface area contributed by atoms with Gasteiger partial charge in [0.05, 0.1) is 10.6 Å². The maximum atomic E-state index is 11.0.